The molecule has 2 heterocycles. The van der Waals surface area contributed by atoms with Gasteiger partial charge in [-0.2, -0.15) is 0 Å². The molecule has 0 atom stereocenters. The molecule has 0 radical (unpaired) electrons. The van der Waals surface area contributed by atoms with E-state index in [0.29, 0.717) is 12.8 Å². The van der Waals surface area contributed by atoms with Crippen molar-refractivity contribution in [3.8, 4) is 0 Å². The van der Waals surface area contributed by atoms with E-state index in [4.69, 9.17) is 9.90 Å². The molecule has 0 aromatic rings. The Morgan fingerprint density at radius 1 is 1.07 bits per heavy atom. The van der Waals surface area contributed by atoms with E-state index in [1.165, 1.54) is 58.0 Å². The second-order valence-electron chi connectivity index (χ2n) is 7.95. The highest BCUT2D eigenvalue weighted by Gasteiger charge is 2.39. The van der Waals surface area contributed by atoms with Gasteiger partial charge in [0, 0.05) is 38.0 Å². The van der Waals surface area contributed by atoms with Crippen LogP contribution in [0.25, 0.3) is 0 Å². The fourth-order valence-corrected chi connectivity index (χ4v) is 4.73. The molecule has 154 valence electrons. The van der Waals surface area contributed by atoms with Crippen LogP contribution in [-0.4, -0.2) is 71.5 Å². The molecule has 0 spiro atoms. The van der Waals surface area contributed by atoms with E-state index in [2.05, 4.69) is 10.2 Å². The Kier molecular flexibility index (Phi) is 9.04. The van der Waals surface area contributed by atoms with Gasteiger partial charge in [-0.1, -0.05) is 19.3 Å². The molecule has 0 bridgehead atoms. The molecule has 0 aromatic carbocycles. The number of hydrogen-bond donors (Lipinski definition) is 2. The van der Waals surface area contributed by atoms with E-state index in [1.54, 1.807) is 0 Å². The van der Waals surface area contributed by atoms with Crippen LogP contribution in [0.2, 0.25) is 0 Å². The maximum absolute atomic E-state index is 12.2. The second-order valence-corrected chi connectivity index (χ2v) is 7.95. The van der Waals surface area contributed by atoms with Gasteiger partial charge in [0.15, 0.2) is 0 Å². The van der Waals surface area contributed by atoms with E-state index in [-0.39, 0.29) is 23.8 Å². The number of rotatable bonds is 7. The zero-order valence-electron chi connectivity index (χ0n) is 16.5. The molecule has 1 aliphatic carbocycles. The Labute approximate surface area is 162 Å². The lowest BCUT2D eigenvalue weighted by Crippen LogP contribution is -2.55. The quantitative estimate of drug-likeness (QED) is 0.659. The average Bonchev–Trinajstić information content (AvgIpc) is 3.32. The first-order valence-electron chi connectivity index (χ1n) is 10.5. The predicted octanol–water partition coefficient (Wildman–Crippen LogP) is 2.00. The first-order valence-corrected chi connectivity index (χ1v) is 10.5. The van der Waals surface area contributed by atoms with Gasteiger partial charge in [0.2, 0.25) is 11.8 Å². The minimum atomic E-state index is -0.250. The topological polar surface area (TPSA) is 90.0 Å². The van der Waals surface area contributed by atoms with Crippen LogP contribution in [0.15, 0.2) is 0 Å². The van der Waals surface area contributed by atoms with Crippen molar-refractivity contribution < 1.29 is 19.5 Å². The van der Waals surface area contributed by atoms with Gasteiger partial charge in [0.25, 0.3) is 6.47 Å². The predicted molar refractivity (Wildman–Crippen MR) is 103 cm³/mol. The number of carbonyl (C=O) groups is 3. The highest BCUT2D eigenvalue weighted by atomic mass is 16.3. The van der Waals surface area contributed by atoms with Crippen LogP contribution in [-0.2, 0) is 14.4 Å². The molecule has 1 saturated carbocycles. The van der Waals surface area contributed by atoms with Crippen LogP contribution in [0.4, 0.5) is 0 Å². The van der Waals surface area contributed by atoms with Crippen molar-refractivity contribution >= 4 is 18.3 Å². The number of hydrogen-bond acceptors (Lipinski definition) is 4. The first-order chi connectivity index (χ1) is 13.1. The van der Waals surface area contributed by atoms with Gasteiger partial charge >= 0.3 is 0 Å². The SMILES string of the molecule is O=C(CCCN1CCCC1=O)NCC1(N2CCCCC2)CCCC1.O=CO. The van der Waals surface area contributed by atoms with E-state index >= 15 is 0 Å². The van der Waals surface area contributed by atoms with Crippen molar-refractivity contribution in [2.24, 2.45) is 0 Å². The van der Waals surface area contributed by atoms with E-state index < -0.39 is 0 Å². The molecule has 0 aromatic heterocycles. The number of amides is 2. The zero-order valence-corrected chi connectivity index (χ0v) is 16.5. The standard InChI is InChI=1S/C19H33N3O2.CH2O2/c23-17(8-6-12-21-13-7-9-18(21)24)20-16-19(10-2-3-11-19)22-14-4-1-5-15-22;2-1-3/h1-16H2,(H,20,23);1H,(H,2,3). The Hall–Kier alpha value is -1.63. The molecule has 2 saturated heterocycles. The lowest BCUT2D eigenvalue weighted by molar-refractivity contribution is -0.128. The summed E-state index contributed by atoms with van der Waals surface area (Å²) in [5.74, 6) is 0.412. The molecule has 7 nitrogen and oxygen atoms in total. The molecule has 2 aliphatic heterocycles. The van der Waals surface area contributed by atoms with E-state index in [0.717, 1.165) is 32.5 Å². The van der Waals surface area contributed by atoms with Crippen molar-refractivity contribution in [3.05, 3.63) is 0 Å². The van der Waals surface area contributed by atoms with Crippen LogP contribution in [0.3, 0.4) is 0 Å². The monoisotopic (exact) mass is 381 g/mol. The summed E-state index contributed by atoms with van der Waals surface area (Å²) in [5, 5.41) is 10.1. The summed E-state index contributed by atoms with van der Waals surface area (Å²) >= 11 is 0. The maximum Gasteiger partial charge on any atom is 0.290 e. The zero-order chi connectivity index (χ0) is 19.5. The molecular formula is C20H35N3O4. The van der Waals surface area contributed by atoms with Gasteiger partial charge in [-0.15, -0.1) is 0 Å². The van der Waals surface area contributed by atoms with Gasteiger partial charge < -0.3 is 15.3 Å². The Morgan fingerprint density at radius 3 is 2.33 bits per heavy atom. The fraction of sp³-hybridized carbons (Fsp3) is 0.850. The number of likely N-dealkylation sites (tertiary alicyclic amines) is 2. The number of nitrogens with one attached hydrogen (secondary N) is 1. The Balaban J connectivity index is 0.000000817. The highest BCUT2D eigenvalue weighted by Crippen LogP contribution is 2.36. The minimum Gasteiger partial charge on any atom is -0.483 e. The van der Waals surface area contributed by atoms with E-state index in [9.17, 15) is 9.59 Å². The largest absolute Gasteiger partial charge is 0.483 e. The normalized spacial score (nSPS) is 22.2. The van der Waals surface area contributed by atoms with Gasteiger partial charge in [-0.05, 0) is 51.6 Å². The van der Waals surface area contributed by atoms with Crippen molar-refractivity contribution in [3.63, 3.8) is 0 Å². The lowest BCUT2D eigenvalue weighted by atomic mass is 9.92. The summed E-state index contributed by atoms with van der Waals surface area (Å²) in [6.45, 7) is 4.58. The third kappa shape index (κ3) is 6.48. The van der Waals surface area contributed by atoms with Crippen molar-refractivity contribution in [2.75, 3.05) is 32.7 Å². The summed E-state index contributed by atoms with van der Waals surface area (Å²) in [7, 11) is 0. The van der Waals surface area contributed by atoms with Crippen LogP contribution in [0, 0.1) is 0 Å². The molecular weight excluding hydrogens is 346 g/mol. The third-order valence-electron chi connectivity index (χ3n) is 6.18. The molecule has 0 unspecified atom stereocenters. The van der Waals surface area contributed by atoms with Crippen LogP contribution < -0.4 is 5.32 Å². The van der Waals surface area contributed by atoms with Crippen LogP contribution in [0.1, 0.15) is 70.6 Å². The third-order valence-corrected chi connectivity index (χ3v) is 6.18. The van der Waals surface area contributed by atoms with Crippen LogP contribution >= 0.6 is 0 Å². The molecule has 7 heteroatoms. The van der Waals surface area contributed by atoms with Gasteiger partial charge in [-0.25, -0.2) is 0 Å². The molecule has 27 heavy (non-hydrogen) atoms. The number of nitrogens with zero attached hydrogens (tertiary/aromatic N) is 2. The fourth-order valence-electron chi connectivity index (χ4n) is 4.73. The number of carbonyl (C=O) groups excluding carboxylic acids is 2. The average molecular weight is 382 g/mol. The summed E-state index contributed by atoms with van der Waals surface area (Å²) in [5.41, 5.74) is 0.223. The van der Waals surface area contributed by atoms with Crippen LogP contribution in [0.5, 0.6) is 0 Å². The van der Waals surface area contributed by atoms with Gasteiger partial charge in [0.05, 0.1) is 0 Å². The Morgan fingerprint density at radius 2 is 1.74 bits per heavy atom. The highest BCUT2D eigenvalue weighted by molar-refractivity contribution is 5.78. The number of piperidine rings is 1. The molecule has 3 aliphatic rings. The summed E-state index contributed by atoms with van der Waals surface area (Å²) in [6.07, 6.45) is 12.0. The minimum absolute atomic E-state index is 0.157. The van der Waals surface area contributed by atoms with Crippen molar-refractivity contribution in [2.45, 2.75) is 76.2 Å². The molecule has 3 fully saturated rings. The van der Waals surface area contributed by atoms with Crippen molar-refractivity contribution in [1.29, 1.82) is 0 Å². The van der Waals surface area contributed by atoms with Gasteiger partial charge in [0.1, 0.15) is 0 Å². The lowest BCUT2D eigenvalue weighted by Gasteiger charge is -2.43. The van der Waals surface area contributed by atoms with Gasteiger partial charge in [-0.3, -0.25) is 19.3 Å². The second kappa shape index (κ2) is 11.3. The summed E-state index contributed by atoms with van der Waals surface area (Å²) < 4.78 is 0. The molecule has 3 rings (SSSR count). The van der Waals surface area contributed by atoms with Crippen molar-refractivity contribution in [1.82, 2.24) is 15.1 Å². The summed E-state index contributed by atoms with van der Waals surface area (Å²) in [4.78, 5) is 36.8. The first kappa shape index (κ1) is 21.7. The Bertz CT molecular complexity index is 486. The maximum atomic E-state index is 12.2. The van der Waals surface area contributed by atoms with E-state index in [1.807, 2.05) is 4.90 Å². The smallest absolute Gasteiger partial charge is 0.290 e. The summed E-state index contributed by atoms with van der Waals surface area (Å²) in [6, 6.07) is 0. The molecule has 2 N–H and O–H groups in total. The number of carboxylic acid groups (broad SMARTS) is 1. The molecule has 2 amide bonds.